The summed E-state index contributed by atoms with van der Waals surface area (Å²) in [6.45, 7) is 5.24. The Hall–Kier alpha value is -1.55. The summed E-state index contributed by atoms with van der Waals surface area (Å²) < 4.78 is 5.28. The van der Waals surface area contributed by atoms with Gasteiger partial charge in [-0.2, -0.15) is 0 Å². The molecule has 1 aromatic carbocycles. The molecule has 0 radical (unpaired) electrons. The van der Waals surface area contributed by atoms with Crippen LogP contribution in [0.2, 0.25) is 0 Å². The van der Waals surface area contributed by atoms with Crippen LogP contribution in [0.3, 0.4) is 0 Å². The van der Waals surface area contributed by atoms with Crippen LogP contribution in [0.15, 0.2) is 29.3 Å². The van der Waals surface area contributed by atoms with E-state index in [0.29, 0.717) is 5.96 Å². The van der Waals surface area contributed by atoms with Crippen LogP contribution in [0, 0.1) is 0 Å². The zero-order chi connectivity index (χ0) is 12.1. The Bertz CT molecular complexity index is 380. The van der Waals surface area contributed by atoms with Gasteiger partial charge in [0, 0.05) is 13.1 Å². The maximum atomic E-state index is 5.97. The highest BCUT2D eigenvalue weighted by Crippen LogP contribution is 2.14. The number of morpholine rings is 1. The van der Waals surface area contributed by atoms with Gasteiger partial charge in [0.15, 0.2) is 5.96 Å². The summed E-state index contributed by atoms with van der Waals surface area (Å²) in [5.74, 6) is 0.581. The number of ether oxygens (including phenoxy) is 1. The maximum Gasteiger partial charge on any atom is 0.196 e. The van der Waals surface area contributed by atoms with Gasteiger partial charge in [-0.1, -0.05) is 19.1 Å². The third-order valence-electron chi connectivity index (χ3n) is 2.92. The van der Waals surface area contributed by atoms with E-state index in [1.165, 1.54) is 5.56 Å². The summed E-state index contributed by atoms with van der Waals surface area (Å²) in [7, 11) is 0. The lowest BCUT2D eigenvalue weighted by Gasteiger charge is -2.27. The second kappa shape index (κ2) is 5.68. The molecule has 1 fully saturated rings. The first-order valence-corrected chi connectivity index (χ1v) is 6.05. The number of aliphatic imine (C=N–C) groups is 1. The quantitative estimate of drug-likeness (QED) is 0.622. The molecule has 0 unspecified atom stereocenters. The summed E-state index contributed by atoms with van der Waals surface area (Å²) in [6, 6.07) is 8.19. The Labute approximate surface area is 102 Å². The first-order valence-electron chi connectivity index (χ1n) is 6.05. The van der Waals surface area contributed by atoms with Gasteiger partial charge in [0.05, 0.1) is 18.9 Å². The normalized spacial score (nSPS) is 17.2. The Morgan fingerprint density at radius 2 is 1.94 bits per heavy atom. The Morgan fingerprint density at radius 1 is 1.29 bits per heavy atom. The van der Waals surface area contributed by atoms with Gasteiger partial charge < -0.3 is 15.4 Å². The number of nitrogens with two attached hydrogens (primary N) is 1. The largest absolute Gasteiger partial charge is 0.378 e. The average Bonchev–Trinajstić information content (AvgIpc) is 2.40. The zero-order valence-corrected chi connectivity index (χ0v) is 10.2. The predicted molar refractivity (Wildman–Crippen MR) is 69.5 cm³/mol. The molecule has 0 saturated carbocycles. The highest BCUT2D eigenvalue weighted by Gasteiger charge is 2.11. The van der Waals surface area contributed by atoms with Crippen LogP contribution in [0.1, 0.15) is 12.5 Å². The molecule has 4 nitrogen and oxygen atoms in total. The van der Waals surface area contributed by atoms with Crippen molar-refractivity contribution in [2.24, 2.45) is 10.7 Å². The summed E-state index contributed by atoms with van der Waals surface area (Å²) in [5.41, 5.74) is 8.19. The van der Waals surface area contributed by atoms with Crippen molar-refractivity contribution in [1.82, 2.24) is 4.90 Å². The van der Waals surface area contributed by atoms with E-state index in [2.05, 4.69) is 28.9 Å². The van der Waals surface area contributed by atoms with Crippen LogP contribution >= 0.6 is 0 Å². The number of hydrogen-bond acceptors (Lipinski definition) is 2. The minimum atomic E-state index is 0.581. The molecule has 0 aromatic heterocycles. The van der Waals surface area contributed by atoms with Crippen LogP contribution in [0.25, 0.3) is 0 Å². The van der Waals surface area contributed by atoms with Crippen molar-refractivity contribution in [1.29, 1.82) is 0 Å². The van der Waals surface area contributed by atoms with E-state index in [1.807, 2.05) is 12.1 Å². The fourth-order valence-corrected chi connectivity index (χ4v) is 1.80. The smallest absolute Gasteiger partial charge is 0.196 e. The van der Waals surface area contributed by atoms with Crippen molar-refractivity contribution < 1.29 is 4.74 Å². The van der Waals surface area contributed by atoms with E-state index in [-0.39, 0.29) is 0 Å². The summed E-state index contributed by atoms with van der Waals surface area (Å²) in [5, 5.41) is 0. The van der Waals surface area contributed by atoms with Crippen LogP contribution < -0.4 is 5.73 Å². The van der Waals surface area contributed by atoms with E-state index < -0.39 is 0 Å². The molecule has 1 aliphatic rings. The molecule has 1 saturated heterocycles. The van der Waals surface area contributed by atoms with E-state index in [1.54, 1.807) is 0 Å². The lowest BCUT2D eigenvalue weighted by Crippen LogP contribution is -2.44. The molecule has 4 heteroatoms. The van der Waals surface area contributed by atoms with Crippen LogP contribution in [0.4, 0.5) is 5.69 Å². The van der Waals surface area contributed by atoms with Gasteiger partial charge >= 0.3 is 0 Å². The molecule has 1 heterocycles. The lowest BCUT2D eigenvalue weighted by atomic mass is 10.2. The van der Waals surface area contributed by atoms with Crippen LogP contribution in [0.5, 0.6) is 0 Å². The Kier molecular flexibility index (Phi) is 3.98. The number of guanidine groups is 1. The molecule has 92 valence electrons. The molecule has 2 N–H and O–H groups in total. The van der Waals surface area contributed by atoms with Crippen LogP contribution in [-0.2, 0) is 11.2 Å². The molecule has 17 heavy (non-hydrogen) atoms. The standard InChI is InChI=1S/C13H19N3O/c1-2-11-3-5-12(6-4-11)15-13(14)16-7-9-17-10-8-16/h3-6H,2,7-10H2,1H3,(H2,14,15). The fourth-order valence-electron chi connectivity index (χ4n) is 1.80. The molecule has 0 atom stereocenters. The van der Waals surface area contributed by atoms with Gasteiger partial charge in [-0.3, -0.25) is 0 Å². The van der Waals surface area contributed by atoms with Crippen LogP contribution in [-0.4, -0.2) is 37.2 Å². The summed E-state index contributed by atoms with van der Waals surface area (Å²) >= 11 is 0. The van der Waals surface area contributed by atoms with Gasteiger partial charge in [-0.15, -0.1) is 0 Å². The van der Waals surface area contributed by atoms with Gasteiger partial charge in [-0.25, -0.2) is 4.99 Å². The predicted octanol–water partition coefficient (Wildman–Crippen LogP) is 1.53. The van der Waals surface area contributed by atoms with E-state index >= 15 is 0 Å². The third-order valence-corrected chi connectivity index (χ3v) is 2.92. The highest BCUT2D eigenvalue weighted by atomic mass is 16.5. The topological polar surface area (TPSA) is 50.8 Å². The van der Waals surface area contributed by atoms with Crippen molar-refractivity contribution in [2.75, 3.05) is 26.3 Å². The van der Waals surface area contributed by atoms with Gasteiger partial charge in [-0.05, 0) is 24.1 Å². The average molecular weight is 233 g/mol. The van der Waals surface area contributed by atoms with Gasteiger partial charge in [0.2, 0.25) is 0 Å². The van der Waals surface area contributed by atoms with Gasteiger partial charge in [0.25, 0.3) is 0 Å². The highest BCUT2D eigenvalue weighted by molar-refractivity contribution is 5.81. The molecule has 1 aliphatic heterocycles. The monoisotopic (exact) mass is 233 g/mol. The fraction of sp³-hybridized carbons (Fsp3) is 0.462. The molecule has 0 amide bonds. The minimum absolute atomic E-state index is 0.581. The molecule has 2 rings (SSSR count). The van der Waals surface area contributed by atoms with Crippen molar-refractivity contribution in [3.8, 4) is 0 Å². The summed E-state index contributed by atoms with van der Waals surface area (Å²) in [4.78, 5) is 6.48. The van der Waals surface area contributed by atoms with Crippen molar-refractivity contribution >= 4 is 11.6 Å². The minimum Gasteiger partial charge on any atom is -0.378 e. The maximum absolute atomic E-state index is 5.97. The van der Waals surface area contributed by atoms with E-state index in [0.717, 1.165) is 38.4 Å². The SMILES string of the molecule is CCc1ccc(N=C(N)N2CCOCC2)cc1. The second-order valence-corrected chi connectivity index (χ2v) is 4.09. The molecular formula is C13H19N3O. The first-order chi connectivity index (χ1) is 8.29. The first kappa shape index (κ1) is 11.9. The van der Waals surface area contributed by atoms with Crippen molar-refractivity contribution in [3.63, 3.8) is 0 Å². The molecule has 0 aliphatic carbocycles. The number of rotatable bonds is 2. The summed E-state index contributed by atoms with van der Waals surface area (Å²) in [6.07, 6.45) is 1.04. The number of hydrogen-bond donors (Lipinski definition) is 1. The number of aryl methyl sites for hydroxylation is 1. The van der Waals surface area contributed by atoms with Crippen molar-refractivity contribution in [3.05, 3.63) is 29.8 Å². The second-order valence-electron chi connectivity index (χ2n) is 4.09. The molecule has 0 bridgehead atoms. The van der Waals surface area contributed by atoms with Crippen molar-refractivity contribution in [2.45, 2.75) is 13.3 Å². The Balaban J connectivity index is 2.05. The number of benzene rings is 1. The lowest BCUT2D eigenvalue weighted by molar-refractivity contribution is 0.0675. The Morgan fingerprint density at radius 3 is 2.53 bits per heavy atom. The van der Waals surface area contributed by atoms with Gasteiger partial charge in [0.1, 0.15) is 0 Å². The molecule has 1 aromatic rings. The molecular weight excluding hydrogens is 214 g/mol. The van der Waals surface area contributed by atoms with E-state index in [9.17, 15) is 0 Å². The van der Waals surface area contributed by atoms with E-state index in [4.69, 9.17) is 10.5 Å². The number of nitrogens with zero attached hydrogens (tertiary/aromatic N) is 2. The third kappa shape index (κ3) is 3.20. The molecule has 0 spiro atoms. The zero-order valence-electron chi connectivity index (χ0n) is 10.2.